The first-order valence-corrected chi connectivity index (χ1v) is 7.32. The summed E-state index contributed by atoms with van der Waals surface area (Å²) in [4.78, 5) is 0. The maximum absolute atomic E-state index is 5.37. The van der Waals surface area contributed by atoms with Crippen molar-refractivity contribution in [3.63, 3.8) is 0 Å². The van der Waals surface area contributed by atoms with Gasteiger partial charge in [-0.2, -0.15) is 0 Å². The van der Waals surface area contributed by atoms with Gasteiger partial charge in [-0.15, -0.1) is 0 Å². The summed E-state index contributed by atoms with van der Waals surface area (Å²) in [5, 5.41) is 0. The Morgan fingerprint density at radius 3 is 3.33 bits per heavy atom. The van der Waals surface area contributed by atoms with Crippen LogP contribution >= 0.6 is 9.72 Å². The molecule has 4 heteroatoms. The fourth-order valence-corrected chi connectivity index (χ4v) is 4.09. The number of nitrogens with zero attached hydrogens (tertiary/aromatic N) is 1. The topological polar surface area (TPSA) is 22.1 Å². The summed E-state index contributed by atoms with van der Waals surface area (Å²) < 4.78 is 11.0. The Bertz CT molecular complexity index is 387. The second kappa shape index (κ2) is 3.52. The summed E-state index contributed by atoms with van der Waals surface area (Å²) in [6, 6.07) is 6.11. The van der Waals surface area contributed by atoms with Crippen molar-refractivity contribution in [2.45, 2.75) is 6.92 Å². The average molecular weight is 245 g/mol. The summed E-state index contributed by atoms with van der Waals surface area (Å²) in [7, 11) is 1.83. The molecule has 0 fully saturated rings. The molecule has 0 amide bonds. The molecule has 0 radical (unpaired) electrons. The van der Waals surface area contributed by atoms with Gasteiger partial charge in [0.15, 0.2) is 0 Å². The van der Waals surface area contributed by atoms with E-state index < -0.39 is 0 Å². The molecule has 0 N–H and O–H groups in total. The zero-order valence-corrected chi connectivity index (χ0v) is 9.14. The van der Waals surface area contributed by atoms with Crippen molar-refractivity contribution < 1.29 is 4.74 Å². The number of fused-ring (bicyclic) bond motifs is 1. The first kappa shape index (κ1) is 8.17. The Hall–Kier alpha value is -0.441. The van der Waals surface area contributed by atoms with Crippen LogP contribution in [-0.4, -0.2) is 24.2 Å². The molecule has 0 atom stereocenters. The van der Waals surface area contributed by atoms with Crippen molar-refractivity contribution in [1.82, 2.24) is 3.98 Å². The summed E-state index contributed by atoms with van der Waals surface area (Å²) in [5.41, 5.74) is 1.10. The third-order valence-electron chi connectivity index (χ3n) is 1.50. The SMILES string of the molecule is CCOc1ccc2[s+][se]nc2c1. The number of hydrogen-bond acceptors (Lipinski definition) is 2. The van der Waals surface area contributed by atoms with E-state index in [1.54, 1.807) is 0 Å². The number of ether oxygens (including phenoxy) is 1. The molecular weight excluding hydrogens is 237 g/mol. The zero-order chi connectivity index (χ0) is 8.39. The van der Waals surface area contributed by atoms with Gasteiger partial charge in [-0.1, -0.05) is 0 Å². The second-order valence-corrected chi connectivity index (χ2v) is 5.44. The van der Waals surface area contributed by atoms with Gasteiger partial charge in [0.2, 0.25) is 0 Å². The molecule has 1 aromatic heterocycles. The minimum absolute atomic E-state index is 0.354. The van der Waals surface area contributed by atoms with Gasteiger partial charge in [-0.3, -0.25) is 0 Å². The van der Waals surface area contributed by atoms with E-state index in [9.17, 15) is 0 Å². The molecule has 2 aromatic rings. The van der Waals surface area contributed by atoms with E-state index in [4.69, 9.17) is 4.74 Å². The fraction of sp³-hybridized carbons (Fsp3) is 0.250. The Morgan fingerprint density at radius 1 is 1.58 bits per heavy atom. The number of benzene rings is 1. The van der Waals surface area contributed by atoms with Gasteiger partial charge >= 0.3 is 79.7 Å². The van der Waals surface area contributed by atoms with E-state index in [1.165, 1.54) is 4.70 Å². The van der Waals surface area contributed by atoms with Crippen molar-refractivity contribution in [3.05, 3.63) is 18.2 Å². The van der Waals surface area contributed by atoms with Gasteiger partial charge in [0.25, 0.3) is 0 Å². The Balaban J connectivity index is 2.46. The average Bonchev–Trinajstić information content (AvgIpc) is 2.51. The van der Waals surface area contributed by atoms with E-state index in [1.807, 2.05) is 28.8 Å². The van der Waals surface area contributed by atoms with Gasteiger partial charge in [0.1, 0.15) is 0 Å². The molecule has 0 saturated carbocycles. The first-order valence-electron chi connectivity index (χ1n) is 3.71. The molecule has 0 saturated heterocycles. The van der Waals surface area contributed by atoms with Crippen molar-refractivity contribution in [2.75, 3.05) is 6.61 Å². The summed E-state index contributed by atoms with van der Waals surface area (Å²) in [6.45, 7) is 2.71. The normalized spacial score (nSPS) is 10.4. The molecule has 12 heavy (non-hydrogen) atoms. The molecule has 0 unspecified atom stereocenters. The first-order chi connectivity index (χ1) is 5.90. The van der Waals surface area contributed by atoms with Crippen LogP contribution in [-0.2, 0) is 0 Å². The number of aromatic nitrogens is 1. The van der Waals surface area contributed by atoms with Crippen molar-refractivity contribution in [1.29, 1.82) is 0 Å². The van der Waals surface area contributed by atoms with Gasteiger partial charge in [0.05, 0.1) is 0 Å². The second-order valence-electron chi connectivity index (χ2n) is 2.31. The van der Waals surface area contributed by atoms with Crippen LogP contribution in [0.5, 0.6) is 5.75 Å². The summed E-state index contributed by atoms with van der Waals surface area (Å²) in [6.07, 6.45) is 0. The van der Waals surface area contributed by atoms with Crippen molar-refractivity contribution in [2.24, 2.45) is 0 Å². The van der Waals surface area contributed by atoms with Crippen LogP contribution in [0.25, 0.3) is 10.2 Å². The third-order valence-corrected chi connectivity index (χ3v) is 4.66. The number of rotatable bonds is 2. The van der Waals surface area contributed by atoms with E-state index in [0.717, 1.165) is 17.9 Å². The quantitative estimate of drug-likeness (QED) is 0.596. The minimum atomic E-state index is 0.354. The Labute approximate surface area is 79.8 Å². The summed E-state index contributed by atoms with van der Waals surface area (Å²) in [5.74, 6) is 0.929. The fourth-order valence-electron chi connectivity index (χ4n) is 0.994. The molecule has 2 nitrogen and oxygen atoms in total. The molecule has 0 aliphatic heterocycles. The Morgan fingerprint density at radius 2 is 2.50 bits per heavy atom. The van der Waals surface area contributed by atoms with Crippen molar-refractivity contribution in [3.8, 4) is 5.75 Å². The van der Waals surface area contributed by atoms with Crippen LogP contribution in [0.1, 0.15) is 6.92 Å². The van der Waals surface area contributed by atoms with Crippen LogP contribution in [0.4, 0.5) is 0 Å². The molecule has 1 aromatic carbocycles. The molecule has 0 bridgehead atoms. The summed E-state index contributed by atoms with van der Waals surface area (Å²) >= 11 is 0.354. The standard InChI is InChI=1S/C8H8NOSSe/c1-2-10-6-3-4-8-7(5-6)9-12-11-8/h3-5H,2H2,1H3/q+1. The van der Waals surface area contributed by atoms with Gasteiger partial charge < -0.3 is 0 Å². The third kappa shape index (κ3) is 1.51. The van der Waals surface area contributed by atoms with Gasteiger partial charge in [-0.05, 0) is 0 Å². The van der Waals surface area contributed by atoms with E-state index in [-0.39, 0.29) is 0 Å². The molecule has 0 aliphatic rings. The Kier molecular flexibility index (Phi) is 2.40. The molecule has 2 rings (SSSR count). The van der Waals surface area contributed by atoms with E-state index in [0.29, 0.717) is 13.6 Å². The molecule has 62 valence electrons. The van der Waals surface area contributed by atoms with Crippen LogP contribution < -0.4 is 4.74 Å². The van der Waals surface area contributed by atoms with E-state index >= 15 is 0 Å². The van der Waals surface area contributed by atoms with E-state index in [2.05, 4.69) is 10.0 Å². The maximum atomic E-state index is 5.37. The predicted octanol–water partition coefficient (Wildman–Crippen LogP) is 2.03. The van der Waals surface area contributed by atoms with Crippen LogP contribution in [0.15, 0.2) is 18.2 Å². The van der Waals surface area contributed by atoms with Crippen LogP contribution in [0, 0.1) is 0 Å². The van der Waals surface area contributed by atoms with Crippen LogP contribution in [0.3, 0.4) is 0 Å². The van der Waals surface area contributed by atoms with Gasteiger partial charge in [-0.25, -0.2) is 0 Å². The molecule has 0 aliphatic carbocycles. The number of hydrogen-bond donors (Lipinski definition) is 0. The monoisotopic (exact) mass is 246 g/mol. The predicted molar refractivity (Wildman–Crippen MR) is 52.1 cm³/mol. The van der Waals surface area contributed by atoms with Crippen molar-refractivity contribution >= 4 is 33.5 Å². The van der Waals surface area contributed by atoms with Gasteiger partial charge in [0, 0.05) is 0 Å². The molecular formula is C8H8NOSSe+. The molecule has 1 heterocycles. The molecule has 0 spiro atoms. The van der Waals surface area contributed by atoms with Crippen LogP contribution in [0.2, 0.25) is 0 Å². The zero-order valence-electron chi connectivity index (χ0n) is 6.61.